The fourth-order valence-electron chi connectivity index (χ4n) is 2.67. The molecular weight excluding hydrogens is 300 g/mol. The Balaban J connectivity index is 2.19. The van der Waals surface area contributed by atoms with Crippen molar-refractivity contribution in [2.45, 2.75) is 12.7 Å². The molecule has 1 aliphatic heterocycles. The third-order valence-corrected chi connectivity index (χ3v) is 4.16. The SMILES string of the molecule is COC(=O)C1=CO[C@H](OC)[C@@H]2C(COS(C)(=O)=O)=CC[C@H]12. The number of esters is 1. The summed E-state index contributed by atoms with van der Waals surface area (Å²) in [7, 11) is -0.743. The van der Waals surface area contributed by atoms with Crippen LogP contribution in [0.15, 0.2) is 23.5 Å². The fraction of sp³-hybridized carbons (Fsp3) is 0.615. The van der Waals surface area contributed by atoms with Gasteiger partial charge in [0.05, 0.1) is 37.7 Å². The summed E-state index contributed by atoms with van der Waals surface area (Å²) in [5, 5.41) is 0. The second-order valence-electron chi connectivity index (χ2n) is 4.92. The molecule has 0 spiro atoms. The third-order valence-electron chi connectivity index (χ3n) is 3.61. The maximum absolute atomic E-state index is 11.8. The van der Waals surface area contributed by atoms with Crippen molar-refractivity contribution in [1.29, 1.82) is 0 Å². The summed E-state index contributed by atoms with van der Waals surface area (Å²) in [6.45, 7) is -0.0718. The lowest BCUT2D eigenvalue weighted by molar-refractivity contribution is -0.146. The van der Waals surface area contributed by atoms with Gasteiger partial charge in [-0.2, -0.15) is 8.42 Å². The van der Waals surface area contributed by atoms with E-state index in [-0.39, 0.29) is 18.4 Å². The van der Waals surface area contributed by atoms with E-state index in [9.17, 15) is 13.2 Å². The molecule has 3 atom stereocenters. The summed E-state index contributed by atoms with van der Waals surface area (Å²) in [4.78, 5) is 11.8. The molecule has 2 aliphatic rings. The molecular formula is C13H18O7S. The maximum atomic E-state index is 11.8. The van der Waals surface area contributed by atoms with Gasteiger partial charge in [0.25, 0.3) is 10.1 Å². The Morgan fingerprint density at radius 3 is 2.71 bits per heavy atom. The van der Waals surface area contributed by atoms with Crippen LogP contribution in [0, 0.1) is 11.8 Å². The van der Waals surface area contributed by atoms with E-state index >= 15 is 0 Å². The van der Waals surface area contributed by atoms with Gasteiger partial charge in [0.15, 0.2) is 0 Å². The first-order valence-electron chi connectivity index (χ1n) is 6.37. The van der Waals surface area contributed by atoms with Crippen LogP contribution in [0.5, 0.6) is 0 Å². The lowest BCUT2D eigenvalue weighted by atomic mass is 9.83. The van der Waals surface area contributed by atoms with Gasteiger partial charge in [-0.3, -0.25) is 4.18 Å². The number of ether oxygens (including phenoxy) is 3. The van der Waals surface area contributed by atoms with E-state index in [0.29, 0.717) is 12.0 Å². The van der Waals surface area contributed by atoms with Crippen molar-refractivity contribution in [3.05, 3.63) is 23.5 Å². The molecule has 0 radical (unpaired) electrons. The molecule has 0 saturated carbocycles. The van der Waals surface area contributed by atoms with Crippen LogP contribution in [0.3, 0.4) is 0 Å². The second-order valence-corrected chi connectivity index (χ2v) is 6.56. The lowest BCUT2D eigenvalue weighted by Crippen LogP contribution is -2.37. The highest BCUT2D eigenvalue weighted by Crippen LogP contribution is 2.43. The largest absolute Gasteiger partial charge is 0.471 e. The first-order chi connectivity index (χ1) is 9.87. The van der Waals surface area contributed by atoms with Crippen LogP contribution in [0.2, 0.25) is 0 Å². The van der Waals surface area contributed by atoms with Crippen LogP contribution in [-0.2, 0) is 33.3 Å². The Morgan fingerprint density at radius 1 is 1.43 bits per heavy atom. The molecule has 21 heavy (non-hydrogen) atoms. The first-order valence-corrected chi connectivity index (χ1v) is 8.19. The molecule has 1 heterocycles. The van der Waals surface area contributed by atoms with Crippen molar-refractivity contribution < 1.29 is 31.6 Å². The fourth-order valence-corrected chi connectivity index (χ4v) is 3.02. The average molecular weight is 318 g/mol. The van der Waals surface area contributed by atoms with Crippen molar-refractivity contribution in [3.63, 3.8) is 0 Å². The average Bonchev–Trinajstić information content (AvgIpc) is 2.86. The summed E-state index contributed by atoms with van der Waals surface area (Å²) in [5.74, 6) is -0.886. The zero-order valence-electron chi connectivity index (χ0n) is 12.1. The van der Waals surface area contributed by atoms with E-state index in [4.69, 9.17) is 18.4 Å². The third kappa shape index (κ3) is 3.45. The number of methoxy groups -OCH3 is 2. The standard InChI is InChI=1S/C13H18O7S/c1-17-12(14)10-7-19-13(18-2)11-8(4-5-9(10)11)6-20-21(3,15)16/h4,7,9,11,13H,5-6H2,1-3H3/t9-,11-,13+/m1/s1. The van der Waals surface area contributed by atoms with E-state index in [2.05, 4.69) is 0 Å². The Labute approximate surface area is 123 Å². The van der Waals surface area contributed by atoms with Crippen LogP contribution in [0.25, 0.3) is 0 Å². The van der Waals surface area contributed by atoms with E-state index in [1.54, 1.807) is 0 Å². The van der Waals surface area contributed by atoms with Crippen molar-refractivity contribution in [1.82, 2.24) is 0 Å². The lowest BCUT2D eigenvalue weighted by Gasteiger charge is -2.33. The highest BCUT2D eigenvalue weighted by atomic mass is 32.2. The van der Waals surface area contributed by atoms with Crippen LogP contribution >= 0.6 is 0 Å². The van der Waals surface area contributed by atoms with Crippen LogP contribution in [0.4, 0.5) is 0 Å². The summed E-state index contributed by atoms with van der Waals surface area (Å²) >= 11 is 0. The molecule has 0 saturated heterocycles. The van der Waals surface area contributed by atoms with Crippen LogP contribution < -0.4 is 0 Å². The number of hydrogen-bond donors (Lipinski definition) is 0. The molecule has 118 valence electrons. The molecule has 8 heteroatoms. The van der Waals surface area contributed by atoms with Gasteiger partial charge in [0, 0.05) is 13.0 Å². The van der Waals surface area contributed by atoms with Gasteiger partial charge in [0.1, 0.15) is 0 Å². The molecule has 7 nitrogen and oxygen atoms in total. The van der Waals surface area contributed by atoms with Gasteiger partial charge < -0.3 is 14.2 Å². The smallest absolute Gasteiger partial charge is 0.337 e. The molecule has 0 N–H and O–H groups in total. The van der Waals surface area contributed by atoms with Gasteiger partial charge in [0.2, 0.25) is 6.29 Å². The number of fused-ring (bicyclic) bond motifs is 1. The van der Waals surface area contributed by atoms with Gasteiger partial charge >= 0.3 is 5.97 Å². The highest BCUT2D eigenvalue weighted by molar-refractivity contribution is 7.85. The summed E-state index contributed by atoms with van der Waals surface area (Å²) in [6.07, 6.45) is 4.20. The van der Waals surface area contributed by atoms with Gasteiger partial charge in [-0.1, -0.05) is 6.08 Å². The van der Waals surface area contributed by atoms with Crippen molar-refractivity contribution >= 4 is 16.1 Å². The molecule has 0 unspecified atom stereocenters. The highest BCUT2D eigenvalue weighted by Gasteiger charge is 2.44. The Morgan fingerprint density at radius 2 is 2.14 bits per heavy atom. The molecule has 2 rings (SSSR count). The van der Waals surface area contributed by atoms with Gasteiger partial charge in [-0.25, -0.2) is 4.79 Å². The van der Waals surface area contributed by atoms with E-state index < -0.39 is 22.4 Å². The molecule has 0 aromatic heterocycles. The molecule has 0 amide bonds. The summed E-state index contributed by atoms with van der Waals surface area (Å²) in [6, 6.07) is 0. The monoisotopic (exact) mass is 318 g/mol. The minimum Gasteiger partial charge on any atom is -0.471 e. The zero-order valence-corrected chi connectivity index (χ0v) is 12.9. The molecule has 0 fully saturated rings. The maximum Gasteiger partial charge on any atom is 0.337 e. The van der Waals surface area contributed by atoms with E-state index in [1.807, 2.05) is 6.08 Å². The number of rotatable bonds is 5. The Hall–Kier alpha value is -1.38. The predicted molar refractivity (Wildman–Crippen MR) is 72.5 cm³/mol. The van der Waals surface area contributed by atoms with Crippen molar-refractivity contribution in [2.24, 2.45) is 11.8 Å². The van der Waals surface area contributed by atoms with E-state index in [1.165, 1.54) is 20.5 Å². The number of carbonyl (C=O) groups is 1. The minimum absolute atomic E-state index is 0.0718. The van der Waals surface area contributed by atoms with Crippen LogP contribution in [-0.4, -0.2) is 47.8 Å². The molecule has 1 aliphatic carbocycles. The van der Waals surface area contributed by atoms with Gasteiger partial charge in [-0.15, -0.1) is 0 Å². The molecule has 0 bridgehead atoms. The van der Waals surface area contributed by atoms with Crippen molar-refractivity contribution in [3.8, 4) is 0 Å². The minimum atomic E-state index is -3.54. The van der Waals surface area contributed by atoms with Crippen molar-refractivity contribution in [2.75, 3.05) is 27.1 Å². The Kier molecular flexibility index (Phi) is 4.70. The van der Waals surface area contributed by atoms with Gasteiger partial charge in [-0.05, 0) is 12.0 Å². The second kappa shape index (κ2) is 6.17. The van der Waals surface area contributed by atoms with E-state index in [0.717, 1.165) is 11.8 Å². The number of hydrogen-bond acceptors (Lipinski definition) is 7. The number of carbonyl (C=O) groups excluding carboxylic acids is 1. The zero-order chi connectivity index (χ0) is 15.6. The predicted octanol–water partition coefficient (Wildman–Crippen LogP) is 0.585. The summed E-state index contributed by atoms with van der Waals surface area (Å²) < 4.78 is 42.5. The molecule has 0 aromatic rings. The number of allylic oxidation sites excluding steroid dienone is 1. The first kappa shape index (κ1) is 16.0. The quantitative estimate of drug-likeness (QED) is 0.416. The normalized spacial score (nSPS) is 28.2. The molecule has 0 aromatic carbocycles. The summed E-state index contributed by atoms with van der Waals surface area (Å²) in [5.41, 5.74) is 1.16. The Bertz CT molecular complexity index is 575. The topological polar surface area (TPSA) is 88.1 Å². The van der Waals surface area contributed by atoms with Crippen LogP contribution in [0.1, 0.15) is 6.42 Å².